The molecule has 1 fully saturated rings. The lowest BCUT2D eigenvalue weighted by Gasteiger charge is -2.39. The molecular weight excluding hydrogens is 392 g/mol. The predicted molar refractivity (Wildman–Crippen MR) is 107 cm³/mol. The highest BCUT2D eigenvalue weighted by molar-refractivity contribution is 6.42. The smallest absolute Gasteiger partial charge is 0.247 e. The van der Waals surface area contributed by atoms with Gasteiger partial charge in [-0.25, -0.2) is 10.2 Å². The Labute approximate surface area is 169 Å². The Morgan fingerprint density at radius 3 is 2.56 bits per heavy atom. The van der Waals surface area contributed by atoms with Crippen molar-refractivity contribution in [3.05, 3.63) is 33.6 Å². The topological polar surface area (TPSA) is 96.7 Å². The Morgan fingerprint density at radius 2 is 2.00 bits per heavy atom. The van der Waals surface area contributed by atoms with E-state index >= 15 is 0 Å². The lowest BCUT2D eigenvalue weighted by Crippen LogP contribution is -2.59. The molecule has 0 heterocycles. The number of halogens is 3. The maximum Gasteiger partial charge on any atom is 0.247 e. The van der Waals surface area contributed by atoms with Crippen molar-refractivity contribution in [2.24, 2.45) is 22.2 Å². The van der Waals surface area contributed by atoms with Crippen molar-refractivity contribution in [2.45, 2.75) is 58.0 Å². The van der Waals surface area contributed by atoms with Crippen LogP contribution in [-0.2, 0) is 4.79 Å². The number of carbonyl (C=O) groups excluding carboxylic acids is 1. The molecule has 1 amide bonds. The summed E-state index contributed by atoms with van der Waals surface area (Å²) in [5.74, 6) is 10.1. The van der Waals surface area contributed by atoms with E-state index in [1.807, 2.05) is 6.92 Å². The van der Waals surface area contributed by atoms with Crippen LogP contribution in [0.4, 0.5) is 4.39 Å². The number of rotatable bonds is 6. The minimum atomic E-state index is -1.17. The van der Waals surface area contributed by atoms with Gasteiger partial charge in [0.1, 0.15) is 17.7 Å². The molecule has 1 aliphatic carbocycles. The van der Waals surface area contributed by atoms with Gasteiger partial charge in [-0.15, -0.1) is 0 Å². The summed E-state index contributed by atoms with van der Waals surface area (Å²) in [4.78, 5) is 13.0. The molecule has 0 aliphatic heterocycles. The number of nitrogens with zero attached hydrogens (tertiary/aromatic N) is 2. The van der Waals surface area contributed by atoms with Crippen molar-refractivity contribution in [2.75, 3.05) is 0 Å². The van der Waals surface area contributed by atoms with Gasteiger partial charge < -0.3 is 11.2 Å². The highest BCUT2D eigenvalue weighted by atomic mass is 35.5. The van der Waals surface area contributed by atoms with E-state index in [4.69, 9.17) is 34.9 Å². The van der Waals surface area contributed by atoms with Gasteiger partial charge >= 0.3 is 0 Å². The summed E-state index contributed by atoms with van der Waals surface area (Å²) in [6.07, 6.45) is 4.80. The van der Waals surface area contributed by atoms with Crippen molar-refractivity contribution in [3.63, 3.8) is 0 Å². The van der Waals surface area contributed by atoms with Crippen LogP contribution < -0.4 is 17.0 Å². The molecule has 0 aromatic heterocycles. The van der Waals surface area contributed by atoms with Crippen LogP contribution >= 0.6 is 23.2 Å². The summed E-state index contributed by atoms with van der Waals surface area (Å²) in [7, 11) is 0. The molecule has 0 saturated heterocycles. The molecule has 6 nitrogen and oxygen atoms in total. The molecule has 1 atom stereocenters. The van der Waals surface area contributed by atoms with Gasteiger partial charge in [-0.1, -0.05) is 43.0 Å². The summed E-state index contributed by atoms with van der Waals surface area (Å²) in [6, 6.07) is 2.02. The quantitative estimate of drug-likeness (QED) is 0.216. The molecule has 0 radical (unpaired) electrons. The van der Waals surface area contributed by atoms with Crippen molar-refractivity contribution < 1.29 is 9.18 Å². The summed E-state index contributed by atoms with van der Waals surface area (Å²) in [6.45, 7) is 5.26. The van der Waals surface area contributed by atoms with E-state index in [0.717, 1.165) is 37.0 Å². The normalized spacial score (nSPS) is 17.9. The molecule has 5 N–H and O–H groups in total. The number of nitrogens with one attached hydrogen (secondary N) is 1. The van der Waals surface area contributed by atoms with Crippen molar-refractivity contribution in [1.29, 1.82) is 0 Å². The Morgan fingerprint density at radius 1 is 1.41 bits per heavy atom. The fourth-order valence-electron chi connectivity index (χ4n) is 3.51. The minimum Gasteiger partial charge on any atom is -0.347 e. The first kappa shape index (κ1) is 21.7. The fourth-order valence-corrected chi connectivity index (χ4v) is 3.94. The van der Waals surface area contributed by atoms with Crippen molar-refractivity contribution in [3.8, 4) is 0 Å². The number of benzene rings is 1. The summed E-state index contributed by atoms with van der Waals surface area (Å²) in [5, 5.41) is 7.76. The Balaban J connectivity index is 2.47. The maximum atomic E-state index is 14.8. The maximum absolute atomic E-state index is 14.8. The molecule has 1 aromatic carbocycles. The first-order chi connectivity index (χ1) is 12.5. The van der Waals surface area contributed by atoms with E-state index in [0.29, 0.717) is 0 Å². The van der Waals surface area contributed by atoms with Crippen LogP contribution in [0.5, 0.6) is 0 Å². The second kappa shape index (κ2) is 8.20. The van der Waals surface area contributed by atoms with Gasteiger partial charge in [0.15, 0.2) is 0 Å². The molecule has 0 bridgehead atoms. The fraction of sp³-hybridized carbons (Fsp3) is 0.556. The average Bonchev–Trinajstić information content (AvgIpc) is 3.05. The third kappa shape index (κ3) is 4.31. The third-order valence-corrected chi connectivity index (χ3v) is 6.30. The van der Waals surface area contributed by atoms with Gasteiger partial charge in [0.25, 0.3) is 0 Å². The zero-order chi connectivity index (χ0) is 20.4. The number of hydrogen-bond donors (Lipinski definition) is 3. The summed E-state index contributed by atoms with van der Waals surface area (Å²) in [5.41, 5.74) is -1.33. The van der Waals surface area contributed by atoms with E-state index in [9.17, 15) is 9.18 Å². The number of nitrogens with two attached hydrogens (primary N) is 2. The third-order valence-electron chi connectivity index (χ3n) is 5.48. The van der Waals surface area contributed by atoms with Gasteiger partial charge in [0.05, 0.1) is 16.1 Å². The van der Waals surface area contributed by atoms with Crippen LogP contribution in [0.25, 0.3) is 0 Å². The molecule has 2 rings (SSSR count). The lowest BCUT2D eigenvalue weighted by atomic mass is 9.76. The van der Waals surface area contributed by atoms with E-state index in [1.165, 1.54) is 12.1 Å². The number of hydrazone groups is 1. The molecule has 1 saturated carbocycles. The van der Waals surface area contributed by atoms with Gasteiger partial charge in [0.2, 0.25) is 5.91 Å². The van der Waals surface area contributed by atoms with Crippen LogP contribution in [0.3, 0.4) is 0 Å². The number of amides is 1. The van der Waals surface area contributed by atoms with Crippen LogP contribution in [0.2, 0.25) is 10.0 Å². The second-order valence-corrected chi connectivity index (χ2v) is 8.54. The van der Waals surface area contributed by atoms with E-state index in [2.05, 4.69) is 10.4 Å². The highest BCUT2D eigenvalue weighted by Crippen LogP contribution is 2.50. The summed E-state index contributed by atoms with van der Waals surface area (Å²) >= 11 is 12.5. The van der Waals surface area contributed by atoms with Crippen LogP contribution in [-0.4, -0.2) is 22.8 Å². The minimum absolute atomic E-state index is 0.112. The zero-order valence-corrected chi connectivity index (χ0v) is 17.2. The zero-order valence-electron chi connectivity index (χ0n) is 15.7. The van der Waals surface area contributed by atoms with Crippen LogP contribution in [0.15, 0.2) is 17.2 Å². The number of hydrazine groups is 1. The molecule has 9 heteroatoms. The Hall–Kier alpha value is -1.57. The van der Waals surface area contributed by atoms with Crippen molar-refractivity contribution >= 4 is 35.4 Å². The van der Waals surface area contributed by atoms with Crippen molar-refractivity contribution in [1.82, 2.24) is 10.3 Å². The summed E-state index contributed by atoms with van der Waals surface area (Å²) < 4.78 is 14.8. The Bertz CT molecular complexity index is 735. The van der Waals surface area contributed by atoms with E-state index in [1.54, 1.807) is 13.8 Å². The van der Waals surface area contributed by atoms with E-state index < -0.39 is 23.3 Å². The molecule has 1 unspecified atom stereocenters. The van der Waals surface area contributed by atoms with Gasteiger partial charge in [-0.2, -0.15) is 5.10 Å². The van der Waals surface area contributed by atoms with Gasteiger partial charge in [-0.3, -0.25) is 9.80 Å². The SMILES string of the molecule is CC1(C(NC(=O)C(C)(C)N(N)/C=N\N)c2c(F)ccc(Cl)c2Cl)CCCC1. The van der Waals surface area contributed by atoms with E-state index in [-0.39, 0.29) is 21.0 Å². The number of carbonyl (C=O) groups is 1. The first-order valence-electron chi connectivity index (χ1n) is 8.76. The van der Waals surface area contributed by atoms with Crippen LogP contribution in [0, 0.1) is 11.2 Å². The molecule has 27 heavy (non-hydrogen) atoms. The van der Waals surface area contributed by atoms with Gasteiger partial charge in [0, 0.05) is 5.56 Å². The number of hydrogen-bond acceptors (Lipinski definition) is 4. The molecule has 0 spiro atoms. The standard InChI is InChI=1S/C18H26Cl2FN5O/c1-17(2,26(23)10-24-22)16(27)25-15(18(3)8-4-5-9-18)13-12(21)7-6-11(19)14(13)20/h6-7,10,15H,4-5,8-9,22-23H2,1-3H3,(H,25,27)/b24-10-. The largest absolute Gasteiger partial charge is 0.347 e. The molecule has 1 aromatic rings. The average molecular weight is 418 g/mol. The molecule has 1 aliphatic rings. The Kier molecular flexibility index (Phi) is 6.60. The second-order valence-electron chi connectivity index (χ2n) is 7.76. The highest BCUT2D eigenvalue weighted by Gasteiger charge is 2.44. The molecular formula is C18H26Cl2FN5O. The first-order valence-corrected chi connectivity index (χ1v) is 9.52. The lowest BCUT2D eigenvalue weighted by molar-refractivity contribution is -0.131. The van der Waals surface area contributed by atoms with Crippen LogP contribution in [0.1, 0.15) is 58.1 Å². The monoisotopic (exact) mass is 417 g/mol. The van der Waals surface area contributed by atoms with Gasteiger partial charge in [-0.05, 0) is 44.2 Å². The molecule has 150 valence electrons. The predicted octanol–water partition coefficient (Wildman–Crippen LogP) is 3.73.